The summed E-state index contributed by atoms with van der Waals surface area (Å²) in [6, 6.07) is 8.75. The molecular formula is C13H17N. The van der Waals surface area contributed by atoms with Crippen molar-refractivity contribution in [2.75, 3.05) is 13.1 Å². The minimum Gasteiger partial charge on any atom is -0.313 e. The minimum atomic E-state index is 1.02. The molecule has 0 bridgehead atoms. The summed E-state index contributed by atoms with van der Waals surface area (Å²) in [5, 5.41) is 3.35. The van der Waals surface area contributed by atoms with Gasteiger partial charge in [-0.15, -0.1) is 0 Å². The van der Waals surface area contributed by atoms with Crippen LogP contribution in [0.15, 0.2) is 30.3 Å². The van der Waals surface area contributed by atoms with Gasteiger partial charge >= 0.3 is 0 Å². The predicted molar refractivity (Wildman–Crippen MR) is 61.3 cm³/mol. The molecule has 0 aromatic heterocycles. The zero-order valence-corrected chi connectivity index (χ0v) is 8.72. The Balaban J connectivity index is 2.34. The van der Waals surface area contributed by atoms with E-state index in [1.165, 1.54) is 16.7 Å². The Hall–Kier alpha value is -1.08. The van der Waals surface area contributed by atoms with Crippen LogP contribution in [0.25, 0.3) is 5.57 Å². The highest BCUT2D eigenvalue weighted by Gasteiger charge is 2.08. The summed E-state index contributed by atoms with van der Waals surface area (Å²) in [6.45, 7) is 4.36. The molecule has 1 aromatic carbocycles. The molecule has 0 saturated carbocycles. The molecule has 1 aliphatic heterocycles. The Bertz CT molecular complexity index is 339. The number of benzene rings is 1. The van der Waals surface area contributed by atoms with Crippen molar-refractivity contribution in [2.24, 2.45) is 0 Å². The second-order valence-corrected chi connectivity index (χ2v) is 3.69. The Morgan fingerprint density at radius 2 is 2.14 bits per heavy atom. The van der Waals surface area contributed by atoms with Gasteiger partial charge < -0.3 is 5.32 Å². The summed E-state index contributed by atoms with van der Waals surface area (Å²) < 4.78 is 0. The van der Waals surface area contributed by atoms with Crippen molar-refractivity contribution in [3.63, 3.8) is 0 Å². The Morgan fingerprint density at radius 3 is 2.86 bits per heavy atom. The highest BCUT2D eigenvalue weighted by Crippen LogP contribution is 2.23. The Morgan fingerprint density at radius 1 is 1.29 bits per heavy atom. The Kier molecular flexibility index (Phi) is 3.00. The smallest absolute Gasteiger partial charge is 0.0140 e. The van der Waals surface area contributed by atoms with E-state index in [0.717, 1.165) is 25.9 Å². The van der Waals surface area contributed by atoms with Crippen molar-refractivity contribution in [1.82, 2.24) is 5.32 Å². The van der Waals surface area contributed by atoms with Crippen molar-refractivity contribution in [2.45, 2.75) is 19.8 Å². The fraction of sp³-hybridized carbons (Fsp3) is 0.385. The summed E-state index contributed by atoms with van der Waals surface area (Å²) >= 11 is 0. The normalized spacial score (nSPS) is 16.5. The van der Waals surface area contributed by atoms with Gasteiger partial charge in [0.1, 0.15) is 0 Å². The fourth-order valence-corrected chi connectivity index (χ4v) is 2.01. The zero-order chi connectivity index (χ0) is 9.80. The average Bonchev–Trinajstić information content (AvgIpc) is 2.30. The third-order valence-corrected chi connectivity index (χ3v) is 2.81. The first kappa shape index (κ1) is 9.47. The highest BCUT2D eigenvalue weighted by atomic mass is 14.8. The lowest BCUT2D eigenvalue weighted by molar-refractivity contribution is 0.738. The van der Waals surface area contributed by atoms with Crippen molar-refractivity contribution >= 4 is 5.57 Å². The van der Waals surface area contributed by atoms with Crippen LogP contribution in [0.5, 0.6) is 0 Å². The topological polar surface area (TPSA) is 12.0 Å². The van der Waals surface area contributed by atoms with Crippen molar-refractivity contribution in [3.8, 4) is 0 Å². The average molecular weight is 187 g/mol. The molecule has 2 rings (SSSR count). The molecule has 0 aliphatic carbocycles. The fourth-order valence-electron chi connectivity index (χ4n) is 2.01. The summed E-state index contributed by atoms with van der Waals surface area (Å²) in [5.41, 5.74) is 4.44. The number of hydrogen-bond acceptors (Lipinski definition) is 1. The molecule has 1 aliphatic rings. The molecule has 0 saturated heterocycles. The SMILES string of the molecule is CCc1ccccc1C1=CCNCC1. The van der Waals surface area contributed by atoms with E-state index < -0.39 is 0 Å². The van der Waals surface area contributed by atoms with E-state index in [4.69, 9.17) is 0 Å². The number of aryl methyl sites for hydroxylation is 1. The van der Waals surface area contributed by atoms with Crippen LogP contribution in [-0.4, -0.2) is 13.1 Å². The number of hydrogen-bond donors (Lipinski definition) is 1. The molecule has 1 aromatic rings. The molecule has 0 fully saturated rings. The second-order valence-electron chi connectivity index (χ2n) is 3.69. The van der Waals surface area contributed by atoms with Gasteiger partial charge in [0, 0.05) is 6.54 Å². The van der Waals surface area contributed by atoms with Crippen LogP contribution < -0.4 is 5.32 Å². The molecule has 0 unspecified atom stereocenters. The summed E-state index contributed by atoms with van der Waals surface area (Å²) in [4.78, 5) is 0. The standard InChI is InChI=1S/C13H17N/c1-2-11-5-3-4-6-13(11)12-7-9-14-10-8-12/h3-7,14H,2,8-10H2,1H3. The molecular weight excluding hydrogens is 170 g/mol. The monoisotopic (exact) mass is 187 g/mol. The van der Waals surface area contributed by atoms with Crippen LogP contribution in [0, 0.1) is 0 Å². The lowest BCUT2D eigenvalue weighted by Gasteiger charge is -2.16. The van der Waals surface area contributed by atoms with Crippen LogP contribution in [-0.2, 0) is 6.42 Å². The highest BCUT2D eigenvalue weighted by molar-refractivity contribution is 5.69. The maximum Gasteiger partial charge on any atom is 0.0140 e. The first-order valence-corrected chi connectivity index (χ1v) is 5.40. The molecule has 1 N–H and O–H groups in total. The second kappa shape index (κ2) is 4.43. The van der Waals surface area contributed by atoms with Gasteiger partial charge in [0.15, 0.2) is 0 Å². The lowest BCUT2D eigenvalue weighted by Crippen LogP contribution is -2.20. The molecule has 0 amide bonds. The van der Waals surface area contributed by atoms with Crippen LogP contribution in [0.3, 0.4) is 0 Å². The molecule has 1 nitrogen and oxygen atoms in total. The van der Waals surface area contributed by atoms with E-state index in [1.54, 1.807) is 0 Å². The van der Waals surface area contributed by atoms with Gasteiger partial charge in [-0.05, 0) is 36.1 Å². The third kappa shape index (κ3) is 1.88. The third-order valence-electron chi connectivity index (χ3n) is 2.81. The van der Waals surface area contributed by atoms with E-state index in [9.17, 15) is 0 Å². The number of nitrogens with one attached hydrogen (secondary N) is 1. The molecule has 0 atom stereocenters. The van der Waals surface area contributed by atoms with Crippen LogP contribution >= 0.6 is 0 Å². The molecule has 1 heteroatoms. The van der Waals surface area contributed by atoms with Gasteiger partial charge in [0.25, 0.3) is 0 Å². The van der Waals surface area contributed by atoms with Crippen LogP contribution in [0.1, 0.15) is 24.5 Å². The zero-order valence-electron chi connectivity index (χ0n) is 8.72. The first-order valence-electron chi connectivity index (χ1n) is 5.40. The van der Waals surface area contributed by atoms with Gasteiger partial charge in [-0.1, -0.05) is 37.3 Å². The van der Waals surface area contributed by atoms with Crippen molar-refractivity contribution < 1.29 is 0 Å². The maximum absolute atomic E-state index is 3.35. The van der Waals surface area contributed by atoms with Gasteiger partial charge in [0.2, 0.25) is 0 Å². The van der Waals surface area contributed by atoms with E-state index in [-0.39, 0.29) is 0 Å². The van der Waals surface area contributed by atoms with Gasteiger partial charge in [-0.3, -0.25) is 0 Å². The van der Waals surface area contributed by atoms with Gasteiger partial charge in [0.05, 0.1) is 0 Å². The molecule has 74 valence electrons. The Labute approximate surface area is 85.8 Å². The van der Waals surface area contributed by atoms with E-state index >= 15 is 0 Å². The number of rotatable bonds is 2. The maximum atomic E-state index is 3.35. The predicted octanol–water partition coefficient (Wildman–Crippen LogP) is 2.63. The molecule has 14 heavy (non-hydrogen) atoms. The van der Waals surface area contributed by atoms with Crippen molar-refractivity contribution in [3.05, 3.63) is 41.5 Å². The van der Waals surface area contributed by atoms with Crippen LogP contribution in [0.2, 0.25) is 0 Å². The van der Waals surface area contributed by atoms with Crippen LogP contribution in [0.4, 0.5) is 0 Å². The van der Waals surface area contributed by atoms with Crippen molar-refractivity contribution in [1.29, 1.82) is 0 Å². The molecule has 0 spiro atoms. The summed E-state index contributed by atoms with van der Waals surface area (Å²) in [5.74, 6) is 0. The molecule has 0 radical (unpaired) electrons. The minimum absolute atomic E-state index is 1.02. The van der Waals surface area contributed by atoms with E-state index in [1.807, 2.05) is 0 Å². The summed E-state index contributed by atoms with van der Waals surface area (Å²) in [7, 11) is 0. The first-order chi connectivity index (χ1) is 6.92. The van der Waals surface area contributed by atoms with Gasteiger partial charge in [-0.2, -0.15) is 0 Å². The van der Waals surface area contributed by atoms with Gasteiger partial charge in [-0.25, -0.2) is 0 Å². The van der Waals surface area contributed by atoms with E-state index in [0.29, 0.717) is 0 Å². The van der Waals surface area contributed by atoms with E-state index in [2.05, 4.69) is 42.6 Å². The lowest BCUT2D eigenvalue weighted by atomic mass is 9.94. The largest absolute Gasteiger partial charge is 0.313 e. The summed E-state index contributed by atoms with van der Waals surface area (Å²) in [6.07, 6.45) is 4.61. The quantitative estimate of drug-likeness (QED) is 0.750. The molecule has 1 heterocycles.